The van der Waals surface area contributed by atoms with Crippen molar-refractivity contribution >= 4 is 56.2 Å². The molecule has 31 heavy (non-hydrogen) atoms. The van der Waals surface area contributed by atoms with E-state index in [9.17, 15) is 0 Å². The van der Waals surface area contributed by atoms with Crippen molar-refractivity contribution in [2.24, 2.45) is 0 Å². The predicted octanol–water partition coefficient (Wildman–Crippen LogP) is 6.90. The van der Waals surface area contributed by atoms with Crippen molar-refractivity contribution in [3.05, 3.63) is 127 Å². The van der Waals surface area contributed by atoms with Crippen LogP contribution < -0.4 is 15.9 Å². The molecule has 0 atom stereocenters. The van der Waals surface area contributed by atoms with E-state index in [1.54, 1.807) is 0 Å². The van der Waals surface area contributed by atoms with Crippen molar-refractivity contribution in [3.8, 4) is 0 Å². The highest BCUT2D eigenvalue weighted by atomic mass is 31.1. The molecule has 0 saturated carbocycles. The average Bonchev–Trinajstić information content (AvgIpc) is 2.84. The second-order valence-corrected chi connectivity index (χ2v) is 10.1. The van der Waals surface area contributed by atoms with Crippen molar-refractivity contribution in [3.63, 3.8) is 0 Å². The molecular weight excluding hydrogens is 391 g/mol. The first-order valence-electron chi connectivity index (χ1n) is 10.6. The van der Waals surface area contributed by atoms with Crippen LogP contribution in [0.25, 0.3) is 32.3 Å². The Hall–Kier alpha value is -3.47. The minimum absolute atomic E-state index is 0.666. The van der Waals surface area contributed by atoms with Crippen LogP contribution >= 0.6 is 7.92 Å². The van der Waals surface area contributed by atoms with Gasteiger partial charge in [0.2, 0.25) is 0 Å². The first kappa shape index (κ1) is 18.3. The summed E-state index contributed by atoms with van der Waals surface area (Å²) < 4.78 is 0. The fourth-order valence-electron chi connectivity index (χ4n) is 4.39. The third-order valence-electron chi connectivity index (χ3n) is 5.97. The number of hydrogen-bond donors (Lipinski definition) is 0. The maximum Gasteiger partial charge on any atom is -0.0134 e. The lowest BCUT2D eigenvalue weighted by atomic mass is 10.1. The van der Waals surface area contributed by atoms with Gasteiger partial charge < -0.3 is 0 Å². The maximum absolute atomic E-state index is 2.38. The molecular formula is C30H21P. The van der Waals surface area contributed by atoms with Crippen LogP contribution in [0.4, 0.5) is 0 Å². The molecule has 146 valence electrons. The Morgan fingerprint density at radius 3 is 0.903 bits per heavy atom. The second kappa shape index (κ2) is 7.65. The summed E-state index contributed by atoms with van der Waals surface area (Å²) in [4.78, 5) is 0. The summed E-state index contributed by atoms with van der Waals surface area (Å²) in [6, 6.07) is 46.8. The zero-order chi connectivity index (χ0) is 20.6. The van der Waals surface area contributed by atoms with Gasteiger partial charge in [0.05, 0.1) is 0 Å². The Balaban J connectivity index is 1.59. The Labute approximate surface area is 183 Å². The van der Waals surface area contributed by atoms with E-state index in [4.69, 9.17) is 0 Å². The summed E-state index contributed by atoms with van der Waals surface area (Å²) in [5.41, 5.74) is 0. The molecule has 0 aliphatic rings. The molecule has 1 heteroatoms. The third kappa shape index (κ3) is 3.40. The number of hydrogen-bond acceptors (Lipinski definition) is 0. The van der Waals surface area contributed by atoms with Crippen LogP contribution in [-0.2, 0) is 0 Å². The van der Waals surface area contributed by atoms with Gasteiger partial charge in [0.1, 0.15) is 0 Å². The molecule has 0 N–H and O–H groups in total. The molecule has 0 amide bonds. The smallest absolute Gasteiger partial charge is 0.0134 e. The lowest BCUT2D eigenvalue weighted by molar-refractivity contribution is 1.76. The van der Waals surface area contributed by atoms with E-state index in [2.05, 4.69) is 127 Å². The highest BCUT2D eigenvalue weighted by molar-refractivity contribution is 7.79. The SMILES string of the molecule is c1ccc2cc(P(c3ccc4ccccc4c3)c3ccc4ccccc4c3)ccc2c1. The Bertz CT molecular complexity index is 1360. The molecule has 0 unspecified atom stereocenters. The molecule has 6 rings (SSSR count). The molecule has 6 aromatic carbocycles. The first-order chi connectivity index (χ1) is 15.3. The van der Waals surface area contributed by atoms with Gasteiger partial charge in [0, 0.05) is 0 Å². The van der Waals surface area contributed by atoms with E-state index in [1.807, 2.05) is 0 Å². The van der Waals surface area contributed by atoms with Crippen molar-refractivity contribution < 1.29 is 0 Å². The lowest BCUT2D eigenvalue weighted by Gasteiger charge is -2.21. The molecule has 0 aromatic heterocycles. The predicted molar refractivity (Wildman–Crippen MR) is 138 cm³/mol. The van der Waals surface area contributed by atoms with Crippen molar-refractivity contribution in [2.45, 2.75) is 0 Å². The minimum atomic E-state index is -0.666. The largest absolute Gasteiger partial charge is 0.0616 e. The molecule has 6 aromatic rings. The molecule has 0 bridgehead atoms. The summed E-state index contributed by atoms with van der Waals surface area (Å²) in [5.74, 6) is 0. The Morgan fingerprint density at radius 1 is 0.290 bits per heavy atom. The van der Waals surface area contributed by atoms with E-state index in [1.165, 1.54) is 48.2 Å². The first-order valence-corrected chi connectivity index (χ1v) is 12.0. The molecule has 0 heterocycles. The zero-order valence-electron chi connectivity index (χ0n) is 17.1. The maximum atomic E-state index is 2.38. The number of rotatable bonds is 3. The molecule has 0 spiro atoms. The molecule has 0 aliphatic heterocycles. The summed E-state index contributed by atoms with van der Waals surface area (Å²) in [6.45, 7) is 0. The van der Waals surface area contributed by atoms with Gasteiger partial charge >= 0.3 is 0 Å². The van der Waals surface area contributed by atoms with Gasteiger partial charge in [-0.1, -0.05) is 109 Å². The highest BCUT2D eigenvalue weighted by Crippen LogP contribution is 2.36. The fraction of sp³-hybridized carbons (Fsp3) is 0. The fourth-order valence-corrected chi connectivity index (χ4v) is 6.76. The van der Waals surface area contributed by atoms with Crippen LogP contribution in [0.1, 0.15) is 0 Å². The van der Waals surface area contributed by atoms with Crippen LogP contribution in [-0.4, -0.2) is 0 Å². The van der Waals surface area contributed by atoms with E-state index in [-0.39, 0.29) is 0 Å². The van der Waals surface area contributed by atoms with Crippen LogP contribution in [0, 0.1) is 0 Å². The van der Waals surface area contributed by atoms with Gasteiger partial charge in [-0.25, -0.2) is 0 Å². The van der Waals surface area contributed by atoms with E-state index >= 15 is 0 Å². The molecule has 0 saturated heterocycles. The second-order valence-electron chi connectivity index (χ2n) is 7.93. The Morgan fingerprint density at radius 2 is 0.581 bits per heavy atom. The van der Waals surface area contributed by atoms with Crippen LogP contribution in [0.15, 0.2) is 127 Å². The lowest BCUT2D eigenvalue weighted by Crippen LogP contribution is -2.20. The number of fused-ring (bicyclic) bond motifs is 3. The van der Waals surface area contributed by atoms with Crippen LogP contribution in [0.5, 0.6) is 0 Å². The van der Waals surface area contributed by atoms with Gasteiger partial charge in [-0.15, -0.1) is 0 Å². The van der Waals surface area contributed by atoms with E-state index < -0.39 is 7.92 Å². The Kier molecular flexibility index (Phi) is 4.52. The van der Waals surface area contributed by atoms with E-state index in [0.717, 1.165) is 0 Å². The standard InChI is InChI=1S/C30H21P/c1-4-10-25-19-28(16-13-22(25)7-1)31(29-17-14-23-8-2-5-11-26(23)20-29)30-18-15-24-9-3-6-12-27(24)21-30/h1-21H. The third-order valence-corrected chi connectivity index (χ3v) is 8.36. The van der Waals surface area contributed by atoms with Gasteiger partial charge in [-0.3, -0.25) is 0 Å². The van der Waals surface area contributed by atoms with Crippen molar-refractivity contribution in [2.75, 3.05) is 0 Å². The van der Waals surface area contributed by atoms with Crippen molar-refractivity contribution in [1.82, 2.24) is 0 Å². The molecule has 0 aliphatic carbocycles. The normalized spacial score (nSPS) is 11.5. The number of benzene rings is 6. The quantitative estimate of drug-likeness (QED) is 0.277. The molecule has 0 radical (unpaired) electrons. The van der Waals surface area contributed by atoms with Gasteiger partial charge in [0.25, 0.3) is 0 Å². The van der Waals surface area contributed by atoms with Gasteiger partial charge in [0.15, 0.2) is 0 Å². The van der Waals surface area contributed by atoms with Crippen LogP contribution in [0.2, 0.25) is 0 Å². The molecule has 0 nitrogen and oxygen atoms in total. The monoisotopic (exact) mass is 412 g/mol. The highest BCUT2D eigenvalue weighted by Gasteiger charge is 2.18. The van der Waals surface area contributed by atoms with Gasteiger partial charge in [-0.2, -0.15) is 0 Å². The summed E-state index contributed by atoms with van der Waals surface area (Å²) in [6.07, 6.45) is 0. The van der Waals surface area contributed by atoms with Crippen molar-refractivity contribution in [1.29, 1.82) is 0 Å². The zero-order valence-corrected chi connectivity index (χ0v) is 18.0. The summed E-state index contributed by atoms with van der Waals surface area (Å²) in [7, 11) is -0.666. The topological polar surface area (TPSA) is 0 Å². The van der Waals surface area contributed by atoms with E-state index in [0.29, 0.717) is 0 Å². The minimum Gasteiger partial charge on any atom is -0.0616 e. The van der Waals surface area contributed by atoms with Crippen LogP contribution in [0.3, 0.4) is 0 Å². The van der Waals surface area contributed by atoms with Gasteiger partial charge in [-0.05, 0) is 74.4 Å². The summed E-state index contributed by atoms with van der Waals surface area (Å²) in [5, 5.41) is 11.9. The molecule has 0 fully saturated rings. The summed E-state index contributed by atoms with van der Waals surface area (Å²) >= 11 is 0. The average molecular weight is 412 g/mol.